The third kappa shape index (κ3) is 5.07. The Hall–Kier alpha value is -2.38. The number of carbonyl (C=O) groups excluding carboxylic acids is 1. The lowest BCUT2D eigenvalue weighted by atomic mass is 10.2. The molecule has 0 saturated carbocycles. The lowest BCUT2D eigenvalue weighted by molar-refractivity contribution is -0.383. The average Bonchev–Trinajstić information content (AvgIpc) is 2.55. The molecule has 2 rings (SSSR count). The maximum atomic E-state index is 12.1. The highest BCUT2D eigenvalue weighted by Gasteiger charge is 2.15. The van der Waals surface area contributed by atoms with Gasteiger partial charge in [-0.3, -0.25) is 19.8 Å². The lowest BCUT2D eigenvalue weighted by Crippen LogP contribution is -2.30. The van der Waals surface area contributed by atoms with E-state index in [1.165, 1.54) is 17.0 Å². The van der Waals surface area contributed by atoms with Crippen molar-refractivity contribution in [3.63, 3.8) is 0 Å². The number of nitrogens with zero attached hydrogens (tertiary/aromatic N) is 2. The van der Waals surface area contributed by atoms with Crippen molar-refractivity contribution in [1.29, 1.82) is 0 Å². The Morgan fingerprint density at radius 2 is 1.88 bits per heavy atom. The van der Waals surface area contributed by atoms with Crippen LogP contribution >= 0.6 is 11.8 Å². The zero-order chi connectivity index (χ0) is 17.5. The summed E-state index contributed by atoms with van der Waals surface area (Å²) < 4.78 is 0. The molecule has 2 aromatic rings. The Labute approximate surface area is 145 Å². The van der Waals surface area contributed by atoms with E-state index in [2.05, 4.69) is 5.32 Å². The molecule has 0 fully saturated rings. The Morgan fingerprint density at radius 3 is 2.50 bits per heavy atom. The van der Waals surface area contributed by atoms with Crippen molar-refractivity contribution in [3.05, 3.63) is 64.2 Å². The van der Waals surface area contributed by atoms with E-state index in [9.17, 15) is 14.9 Å². The maximum absolute atomic E-state index is 12.1. The highest BCUT2D eigenvalue weighted by Crippen LogP contribution is 2.23. The summed E-state index contributed by atoms with van der Waals surface area (Å²) in [7, 11) is 1.83. The number of nitrogens with one attached hydrogen (secondary N) is 1. The maximum Gasteiger partial charge on any atom is 0.292 e. The normalized spacial score (nSPS) is 10.6. The molecule has 7 heteroatoms. The van der Waals surface area contributed by atoms with Gasteiger partial charge in [0.25, 0.3) is 5.69 Å². The first-order valence-electron chi connectivity index (χ1n) is 7.34. The summed E-state index contributed by atoms with van der Waals surface area (Å²) >= 11 is 1.68. The fourth-order valence-electron chi connectivity index (χ4n) is 2.27. The summed E-state index contributed by atoms with van der Waals surface area (Å²) in [6.07, 6.45) is 2.02. The second-order valence-corrected chi connectivity index (χ2v) is 6.22. The number of hydrogen-bond acceptors (Lipinski definition) is 5. The third-order valence-electron chi connectivity index (χ3n) is 3.40. The van der Waals surface area contributed by atoms with Crippen LogP contribution in [-0.2, 0) is 11.3 Å². The van der Waals surface area contributed by atoms with Crippen molar-refractivity contribution in [2.24, 2.45) is 0 Å². The number of benzene rings is 2. The molecule has 2 aromatic carbocycles. The van der Waals surface area contributed by atoms with E-state index in [1.807, 2.05) is 42.5 Å². The van der Waals surface area contributed by atoms with Gasteiger partial charge in [0.05, 0.1) is 11.5 Å². The number of nitro groups is 1. The number of amides is 1. The van der Waals surface area contributed by atoms with Crippen LogP contribution in [0.1, 0.15) is 5.56 Å². The lowest BCUT2D eigenvalue weighted by Gasteiger charge is -2.16. The molecule has 0 unspecified atom stereocenters. The minimum atomic E-state index is -0.507. The predicted octanol–water partition coefficient (Wildman–Crippen LogP) is 3.39. The van der Waals surface area contributed by atoms with Crippen LogP contribution in [0, 0.1) is 10.1 Å². The van der Waals surface area contributed by atoms with E-state index in [0.717, 1.165) is 5.56 Å². The molecular weight excluding hydrogens is 326 g/mol. The molecule has 0 aromatic heterocycles. The monoisotopic (exact) mass is 345 g/mol. The number of anilines is 1. The van der Waals surface area contributed by atoms with Gasteiger partial charge in [-0.05, 0) is 37.1 Å². The molecule has 0 bridgehead atoms. The van der Waals surface area contributed by atoms with Gasteiger partial charge in [0, 0.05) is 17.5 Å². The molecule has 0 heterocycles. The fourth-order valence-corrected chi connectivity index (χ4v) is 2.68. The summed E-state index contributed by atoms with van der Waals surface area (Å²) in [5.74, 6) is -0.285. The molecule has 0 aliphatic heterocycles. The quantitative estimate of drug-likeness (QED) is 0.473. The van der Waals surface area contributed by atoms with E-state index in [0.29, 0.717) is 6.54 Å². The van der Waals surface area contributed by atoms with Crippen LogP contribution in [0.25, 0.3) is 0 Å². The highest BCUT2D eigenvalue weighted by atomic mass is 32.2. The smallest absolute Gasteiger partial charge is 0.292 e. The molecule has 6 nitrogen and oxygen atoms in total. The van der Waals surface area contributed by atoms with Gasteiger partial charge in [-0.2, -0.15) is 0 Å². The third-order valence-corrected chi connectivity index (χ3v) is 4.14. The number of rotatable bonds is 7. The Kier molecular flexibility index (Phi) is 6.34. The van der Waals surface area contributed by atoms with Crippen LogP contribution in [0.2, 0.25) is 0 Å². The van der Waals surface area contributed by atoms with E-state index in [-0.39, 0.29) is 23.8 Å². The first-order chi connectivity index (χ1) is 11.5. The van der Waals surface area contributed by atoms with Gasteiger partial charge in [0.15, 0.2) is 0 Å². The molecule has 0 atom stereocenters. The summed E-state index contributed by atoms with van der Waals surface area (Å²) in [6.45, 7) is 0.773. The zero-order valence-electron chi connectivity index (χ0n) is 13.6. The van der Waals surface area contributed by atoms with Crippen LogP contribution in [-0.4, -0.2) is 35.6 Å². The summed E-state index contributed by atoms with van der Waals surface area (Å²) in [5.41, 5.74) is 1.21. The van der Waals surface area contributed by atoms with Crippen LogP contribution in [0.15, 0.2) is 53.4 Å². The van der Waals surface area contributed by atoms with Gasteiger partial charge in [0.2, 0.25) is 5.91 Å². The number of likely N-dealkylation sites (N-methyl/N-ethyl adjacent to an activating group) is 1. The average molecular weight is 345 g/mol. The molecule has 0 radical (unpaired) electrons. The molecular formula is C17H19N3O3S. The Morgan fingerprint density at radius 1 is 1.21 bits per heavy atom. The molecule has 0 saturated heterocycles. The van der Waals surface area contributed by atoms with Crippen molar-refractivity contribution in [2.45, 2.75) is 11.4 Å². The van der Waals surface area contributed by atoms with E-state index < -0.39 is 4.92 Å². The predicted molar refractivity (Wildman–Crippen MR) is 96.3 cm³/mol. The zero-order valence-corrected chi connectivity index (χ0v) is 14.4. The Bertz CT molecular complexity index is 719. The molecule has 1 N–H and O–H groups in total. The van der Waals surface area contributed by atoms with Gasteiger partial charge >= 0.3 is 0 Å². The largest absolute Gasteiger partial charge is 0.319 e. The van der Waals surface area contributed by atoms with Crippen molar-refractivity contribution in [2.75, 3.05) is 25.2 Å². The first-order valence-corrected chi connectivity index (χ1v) is 8.57. The van der Waals surface area contributed by atoms with Gasteiger partial charge in [-0.25, -0.2) is 0 Å². The number of nitro benzene ring substituents is 1. The molecule has 0 aliphatic carbocycles. The highest BCUT2D eigenvalue weighted by molar-refractivity contribution is 7.98. The molecule has 0 spiro atoms. The second-order valence-electron chi connectivity index (χ2n) is 5.34. The fraction of sp³-hybridized carbons (Fsp3) is 0.235. The van der Waals surface area contributed by atoms with E-state index in [1.54, 1.807) is 23.9 Å². The van der Waals surface area contributed by atoms with Gasteiger partial charge in [-0.1, -0.05) is 24.3 Å². The van der Waals surface area contributed by atoms with Crippen molar-refractivity contribution in [3.8, 4) is 0 Å². The molecule has 0 aliphatic rings. The molecule has 126 valence electrons. The van der Waals surface area contributed by atoms with Crippen molar-refractivity contribution < 1.29 is 9.72 Å². The Balaban J connectivity index is 1.93. The minimum absolute atomic E-state index is 0.110. The van der Waals surface area contributed by atoms with Crippen LogP contribution in [0.3, 0.4) is 0 Å². The van der Waals surface area contributed by atoms with E-state index in [4.69, 9.17) is 0 Å². The van der Waals surface area contributed by atoms with Gasteiger partial charge < -0.3 is 5.32 Å². The summed E-state index contributed by atoms with van der Waals surface area (Å²) in [4.78, 5) is 25.6. The summed E-state index contributed by atoms with van der Waals surface area (Å²) in [5, 5.41) is 13.6. The topological polar surface area (TPSA) is 75.5 Å². The number of carbonyl (C=O) groups is 1. The second kappa shape index (κ2) is 8.47. The number of thioether (sulfide) groups is 1. The number of hydrogen-bond donors (Lipinski definition) is 1. The first kappa shape index (κ1) is 18.0. The van der Waals surface area contributed by atoms with Crippen molar-refractivity contribution >= 4 is 29.0 Å². The van der Waals surface area contributed by atoms with Crippen molar-refractivity contribution in [1.82, 2.24) is 4.90 Å². The van der Waals surface area contributed by atoms with Crippen LogP contribution in [0.4, 0.5) is 11.4 Å². The molecule has 24 heavy (non-hydrogen) atoms. The minimum Gasteiger partial charge on any atom is -0.319 e. The number of para-hydroxylation sites is 2. The van der Waals surface area contributed by atoms with Gasteiger partial charge in [0.1, 0.15) is 5.69 Å². The standard InChI is InChI=1S/C17H19N3O3S/c1-19(11-13-7-9-14(24-2)10-8-13)12-17(21)18-15-5-3-4-6-16(15)20(22)23/h3-10H,11-12H2,1-2H3,(H,18,21). The van der Waals surface area contributed by atoms with Crippen LogP contribution in [0.5, 0.6) is 0 Å². The molecule has 1 amide bonds. The van der Waals surface area contributed by atoms with Gasteiger partial charge in [-0.15, -0.1) is 11.8 Å². The van der Waals surface area contributed by atoms with Crippen LogP contribution < -0.4 is 5.32 Å². The summed E-state index contributed by atoms with van der Waals surface area (Å²) in [6, 6.07) is 14.3. The van der Waals surface area contributed by atoms with E-state index >= 15 is 0 Å². The SMILES string of the molecule is CSc1ccc(CN(C)CC(=O)Nc2ccccc2[N+](=O)[O-])cc1.